The summed E-state index contributed by atoms with van der Waals surface area (Å²) in [5.74, 6) is -1.79. The Morgan fingerprint density at radius 1 is 1.00 bits per heavy atom. The number of methoxy groups -OCH3 is 1. The average Bonchev–Trinajstić information content (AvgIpc) is 3.13. The molecule has 34 heavy (non-hydrogen) atoms. The van der Waals surface area contributed by atoms with Crippen molar-refractivity contribution in [2.75, 3.05) is 20.3 Å². The summed E-state index contributed by atoms with van der Waals surface area (Å²) in [7, 11) is -2.56. The molecular formula is C22H28N2O9S. The van der Waals surface area contributed by atoms with Gasteiger partial charge >= 0.3 is 17.9 Å². The first kappa shape index (κ1) is 26.9. The summed E-state index contributed by atoms with van der Waals surface area (Å²) in [6, 6.07) is 4.39. The first-order chi connectivity index (χ1) is 16.0. The van der Waals surface area contributed by atoms with Crippen LogP contribution in [0.4, 0.5) is 0 Å². The van der Waals surface area contributed by atoms with Gasteiger partial charge in [-0.2, -0.15) is 4.72 Å². The average molecular weight is 497 g/mol. The third-order valence-electron chi connectivity index (χ3n) is 4.70. The SMILES string of the molecule is CCOC(=O)c1[nH]c(COC(=O)C(C)NS(=O)(=O)c2ccc(OC)cc2)c(C(=O)OCC)c1C. The van der Waals surface area contributed by atoms with Crippen molar-refractivity contribution in [1.82, 2.24) is 9.71 Å². The zero-order valence-electron chi connectivity index (χ0n) is 19.6. The van der Waals surface area contributed by atoms with Crippen molar-refractivity contribution in [1.29, 1.82) is 0 Å². The molecule has 2 N–H and O–H groups in total. The molecule has 1 unspecified atom stereocenters. The normalized spacial score (nSPS) is 12.0. The van der Waals surface area contributed by atoms with Gasteiger partial charge in [-0.15, -0.1) is 0 Å². The molecule has 11 nitrogen and oxygen atoms in total. The van der Waals surface area contributed by atoms with E-state index in [0.29, 0.717) is 5.75 Å². The molecule has 1 aromatic carbocycles. The fraction of sp³-hybridized carbons (Fsp3) is 0.409. The van der Waals surface area contributed by atoms with Gasteiger partial charge in [0.1, 0.15) is 24.1 Å². The minimum atomic E-state index is -4.01. The van der Waals surface area contributed by atoms with Gasteiger partial charge in [0.2, 0.25) is 10.0 Å². The molecule has 2 aromatic rings. The van der Waals surface area contributed by atoms with Gasteiger partial charge in [-0.1, -0.05) is 0 Å². The predicted molar refractivity (Wildman–Crippen MR) is 120 cm³/mol. The highest BCUT2D eigenvalue weighted by Gasteiger charge is 2.28. The van der Waals surface area contributed by atoms with E-state index in [-0.39, 0.29) is 40.6 Å². The quantitative estimate of drug-likeness (QED) is 0.352. The van der Waals surface area contributed by atoms with Gasteiger partial charge in [-0.25, -0.2) is 18.0 Å². The molecule has 0 amide bonds. The highest BCUT2D eigenvalue weighted by atomic mass is 32.2. The summed E-state index contributed by atoms with van der Waals surface area (Å²) in [6.45, 7) is 5.92. The van der Waals surface area contributed by atoms with Gasteiger partial charge in [0.05, 0.1) is 36.5 Å². The van der Waals surface area contributed by atoms with Crippen LogP contribution in [0.25, 0.3) is 0 Å². The molecule has 12 heteroatoms. The van der Waals surface area contributed by atoms with Gasteiger partial charge in [-0.05, 0) is 57.5 Å². The lowest BCUT2D eigenvalue weighted by Crippen LogP contribution is -2.39. The Bertz CT molecular complexity index is 1140. The minimum absolute atomic E-state index is 0.0317. The van der Waals surface area contributed by atoms with Gasteiger partial charge in [0, 0.05) is 0 Å². The molecule has 0 aliphatic rings. The van der Waals surface area contributed by atoms with E-state index < -0.39 is 40.6 Å². The number of rotatable bonds is 11. The fourth-order valence-electron chi connectivity index (χ4n) is 3.03. The van der Waals surface area contributed by atoms with Crippen molar-refractivity contribution in [2.45, 2.75) is 45.2 Å². The van der Waals surface area contributed by atoms with Crippen LogP contribution in [0.2, 0.25) is 0 Å². The number of hydrogen-bond acceptors (Lipinski definition) is 9. The topological polar surface area (TPSA) is 150 Å². The van der Waals surface area contributed by atoms with Crippen molar-refractivity contribution in [3.8, 4) is 5.75 Å². The van der Waals surface area contributed by atoms with Crippen molar-refractivity contribution < 1.29 is 41.7 Å². The van der Waals surface area contributed by atoms with Crippen LogP contribution in [0, 0.1) is 6.92 Å². The summed E-state index contributed by atoms with van der Waals surface area (Å²) in [4.78, 5) is 39.8. The largest absolute Gasteiger partial charge is 0.497 e. The highest BCUT2D eigenvalue weighted by molar-refractivity contribution is 7.89. The molecule has 0 bridgehead atoms. The van der Waals surface area contributed by atoms with E-state index in [0.717, 1.165) is 0 Å². The van der Waals surface area contributed by atoms with Crippen LogP contribution in [0.15, 0.2) is 29.2 Å². The summed E-state index contributed by atoms with van der Waals surface area (Å²) in [5, 5.41) is 0. The smallest absolute Gasteiger partial charge is 0.355 e. The standard InChI is InChI=1S/C22H28N2O9S/c1-6-31-21(26)18-13(3)19(22(27)32-7-2)23-17(18)12-33-20(25)14(4)24-34(28,29)16-10-8-15(30-5)9-11-16/h8-11,14,23-24H,6-7,12H2,1-5H3. The van der Waals surface area contributed by atoms with E-state index in [4.69, 9.17) is 18.9 Å². The second kappa shape index (κ2) is 11.7. The van der Waals surface area contributed by atoms with Crippen LogP contribution < -0.4 is 9.46 Å². The third kappa shape index (κ3) is 6.35. The van der Waals surface area contributed by atoms with E-state index in [2.05, 4.69) is 9.71 Å². The van der Waals surface area contributed by atoms with Crippen molar-refractivity contribution in [3.05, 3.63) is 46.8 Å². The minimum Gasteiger partial charge on any atom is -0.497 e. The van der Waals surface area contributed by atoms with Crippen LogP contribution in [0.5, 0.6) is 5.75 Å². The second-order valence-corrected chi connectivity index (χ2v) is 8.76. The Labute approximate surface area is 197 Å². The molecule has 0 saturated heterocycles. The number of H-pyrrole nitrogens is 1. The molecule has 0 aliphatic carbocycles. The molecule has 1 heterocycles. The zero-order chi connectivity index (χ0) is 25.5. The first-order valence-corrected chi connectivity index (χ1v) is 11.9. The number of aromatic amines is 1. The molecule has 2 rings (SSSR count). The lowest BCUT2D eigenvalue weighted by molar-refractivity contribution is -0.146. The maximum atomic E-state index is 12.5. The fourth-order valence-corrected chi connectivity index (χ4v) is 4.22. The summed E-state index contributed by atoms with van der Waals surface area (Å²) < 4.78 is 47.5. The molecular weight excluding hydrogens is 468 g/mol. The maximum Gasteiger partial charge on any atom is 0.355 e. The number of nitrogens with one attached hydrogen (secondary N) is 2. The molecule has 0 radical (unpaired) electrons. The monoisotopic (exact) mass is 496 g/mol. The Hall–Kier alpha value is -3.38. The number of carbonyl (C=O) groups is 3. The van der Waals surface area contributed by atoms with Crippen molar-refractivity contribution in [3.63, 3.8) is 0 Å². The molecule has 186 valence electrons. The molecule has 1 aromatic heterocycles. The summed E-state index contributed by atoms with van der Waals surface area (Å²) >= 11 is 0. The Kier molecular flexibility index (Phi) is 9.21. The zero-order valence-corrected chi connectivity index (χ0v) is 20.4. The van der Waals surface area contributed by atoms with E-state index in [1.54, 1.807) is 13.8 Å². The Balaban J connectivity index is 2.16. The van der Waals surface area contributed by atoms with E-state index in [1.165, 1.54) is 45.2 Å². The predicted octanol–water partition coefficient (Wildman–Crippen LogP) is 2.10. The van der Waals surface area contributed by atoms with Crippen molar-refractivity contribution in [2.24, 2.45) is 0 Å². The number of aromatic nitrogens is 1. The van der Waals surface area contributed by atoms with E-state index in [1.807, 2.05) is 0 Å². The van der Waals surface area contributed by atoms with E-state index in [9.17, 15) is 22.8 Å². The molecule has 0 spiro atoms. The first-order valence-electron chi connectivity index (χ1n) is 10.4. The van der Waals surface area contributed by atoms with Gasteiger partial charge < -0.3 is 23.9 Å². The number of hydrogen-bond donors (Lipinski definition) is 2. The molecule has 0 fully saturated rings. The number of esters is 3. The van der Waals surface area contributed by atoms with Crippen LogP contribution in [-0.2, 0) is 35.6 Å². The van der Waals surface area contributed by atoms with Crippen LogP contribution in [0.1, 0.15) is 52.9 Å². The molecule has 1 atom stereocenters. The van der Waals surface area contributed by atoms with E-state index >= 15 is 0 Å². The summed E-state index contributed by atoms with van der Waals surface area (Å²) in [6.07, 6.45) is 0. The van der Waals surface area contributed by atoms with Gasteiger partial charge in [-0.3, -0.25) is 4.79 Å². The lowest BCUT2D eigenvalue weighted by atomic mass is 10.1. The van der Waals surface area contributed by atoms with Gasteiger partial charge in [0.15, 0.2) is 0 Å². The molecule has 0 aliphatic heterocycles. The Morgan fingerprint density at radius 3 is 2.15 bits per heavy atom. The van der Waals surface area contributed by atoms with Crippen LogP contribution in [0.3, 0.4) is 0 Å². The summed E-state index contributed by atoms with van der Waals surface area (Å²) in [5.41, 5.74) is 0.488. The van der Waals surface area contributed by atoms with Crippen LogP contribution in [-0.4, -0.2) is 57.7 Å². The van der Waals surface area contributed by atoms with Gasteiger partial charge in [0.25, 0.3) is 0 Å². The number of sulfonamides is 1. The second-order valence-electron chi connectivity index (χ2n) is 7.05. The molecule has 0 saturated carbocycles. The Morgan fingerprint density at radius 2 is 1.59 bits per heavy atom. The number of benzene rings is 1. The maximum absolute atomic E-state index is 12.5. The van der Waals surface area contributed by atoms with Crippen LogP contribution >= 0.6 is 0 Å². The lowest BCUT2D eigenvalue weighted by Gasteiger charge is -2.14. The van der Waals surface area contributed by atoms with Crippen molar-refractivity contribution >= 4 is 27.9 Å². The third-order valence-corrected chi connectivity index (χ3v) is 6.26. The number of ether oxygens (including phenoxy) is 4. The number of carbonyl (C=O) groups excluding carboxylic acids is 3. The highest BCUT2D eigenvalue weighted by Crippen LogP contribution is 2.22.